The number of amides is 3. The summed E-state index contributed by atoms with van der Waals surface area (Å²) in [5.74, 6) is -0.157. The highest BCUT2D eigenvalue weighted by atomic mass is 19.1. The van der Waals surface area contributed by atoms with Crippen molar-refractivity contribution in [3.63, 3.8) is 0 Å². The minimum atomic E-state index is -0.428. The molecule has 25 heavy (non-hydrogen) atoms. The number of carbonyl (C=O) groups excluding carboxylic acids is 2. The maximum Gasteiger partial charge on any atom is 0.320 e. The van der Waals surface area contributed by atoms with E-state index in [-0.39, 0.29) is 17.8 Å². The molecule has 3 amide bonds. The van der Waals surface area contributed by atoms with E-state index in [0.29, 0.717) is 26.2 Å². The van der Waals surface area contributed by atoms with Gasteiger partial charge in [-0.2, -0.15) is 0 Å². The molecule has 0 aromatic heterocycles. The summed E-state index contributed by atoms with van der Waals surface area (Å²) in [6.45, 7) is 3.99. The number of urea groups is 1. The highest BCUT2D eigenvalue weighted by molar-refractivity contribution is 5.87. The molecule has 3 saturated heterocycles. The molecule has 1 aromatic rings. The molecule has 0 radical (unpaired) electrons. The molecule has 6 heteroatoms. The van der Waals surface area contributed by atoms with Crippen molar-refractivity contribution in [1.29, 1.82) is 0 Å². The highest BCUT2D eigenvalue weighted by Gasteiger charge is 2.52. The van der Waals surface area contributed by atoms with Crippen LogP contribution in [-0.4, -0.2) is 59.4 Å². The van der Waals surface area contributed by atoms with Gasteiger partial charge in [0.05, 0.1) is 5.41 Å². The summed E-state index contributed by atoms with van der Waals surface area (Å²) in [7, 11) is 0. The zero-order valence-electron chi connectivity index (χ0n) is 14.4. The summed E-state index contributed by atoms with van der Waals surface area (Å²) in [5.41, 5.74) is 0.385. The third-order valence-corrected chi connectivity index (χ3v) is 5.86. The van der Waals surface area contributed by atoms with Crippen LogP contribution in [0.25, 0.3) is 0 Å². The minimum absolute atomic E-state index is 0.0887. The van der Waals surface area contributed by atoms with E-state index >= 15 is 0 Å². The second-order valence-electron chi connectivity index (χ2n) is 7.54. The van der Waals surface area contributed by atoms with E-state index in [1.54, 1.807) is 6.07 Å². The zero-order valence-corrected chi connectivity index (χ0v) is 14.4. The molecule has 0 saturated carbocycles. The van der Waals surface area contributed by atoms with Gasteiger partial charge in [0.15, 0.2) is 0 Å². The first-order valence-corrected chi connectivity index (χ1v) is 9.15. The van der Waals surface area contributed by atoms with Crippen LogP contribution in [-0.2, 0) is 11.3 Å². The van der Waals surface area contributed by atoms with Crippen molar-refractivity contribution in [3.05, 3.63) is 35.6 Å². The van der Waals surface area contributed by atoms with E-state index in [1.807, 2.05) is 20.8 Å². The SMILES string of the molecule is O=C(N1CCCC1)N1CC[C@@]2(CCN(Cc3cccc(F)c3)C2=O)C1. The number of likely N-dealkylation sites (tertiary alicyclic amines) is 3. The Morgan fingerprint density at radius 3 is 2.60 bits per heavy atom. The number of rotatable bonds is 2. The summed E-state index contributed by atoms with van der Waals surface area (Å²) in [6.07, 6.45) is 3.67. The number of halogens is 1. The van der Waals surface area contributed by atoms with Crippen LogP contribution in [0.15, 0.2) is 24.3 Å². The van der Waals surface area contributed by atoms with Gasteiger partial charge in [0.1, 0.15) is 5.82 Å². The fraction of sp³-hybridized carbons (Fsp3) is 0.579. The van der Waals surface area contributed by atoms with Gasteiger partial charge in [-0.1, -0.05) is 12.1 Å². The molecule has 3 heterocycles. The smallest absolute Gasteiger partial charge is 0.320 e. The van der Waals surface area contributed by atoms with E-state index in [1.165, 1.54) is 12.1 Å². The minimum Gasteiger partial charge on any atom is -0.338 e. The molecule has 1 atom stereocenters. The van der Waals surface area contributed by atoms with E-state index in [0.717, 1.165) is 44.3 Å². The summed E-state index contributed by atoms with van der Waals surface area (Å²) in [6, 6.07) is 6.50. The Labute approximate surface area is 147 Å². The maximum absolute atomic E-state index is 13.4. The average Bonchev–Trinajstić information content (AvgIpc) is 3.33. The number of hydrogen-bond donors (Lipinski definition) is 0. The average molecular weight is 345 g/mol. The first kappa shape index (κ1) is 16.4. The van der Waals surface area contributed by atoms with Gasteiger partial charge in [0.25, 0.3) is 0 Å². The number of nitrogens with zero attached hydrogens (tertiary/aromatic N) is 3. The van der Waals surface area contributed by atoms with Gasteiger partial charge in [-0.05, 0) is 43.4 Å². The van der Waals surface area contributed by atoms with Crippen molar-refractivity contribution in [1.82, 2.24) is 14.7 Å². The van der Waals surface area contributed by atoms with Crippen LogP contribution in [0, 0.1) is 11.2 Å². The summed E-state index contributed by atoms with van der Waals surface area (Å²) in [5, 5.41) is 0. The first-order chi connectivity index (χ1) is 12.1. The zero-order chi connectivity index (χ0) is 17.4. The predicted octanol–water partition coefficient (Wildman–Crippen LogP) is 2.47. The van der Waals surface area contributed by atoms with Gasteiger partial charge in [0.2, 0.25) is 5.91 Å². The molecule has 3 aliphatic heterocycles. The lowest BCUT2D eigenvalue weighted by Gasteiger charge is -2.26. The van der Waals surface area contributed by atoms with E-state index in [4.69, 9.17) is 0 Å². The lowest BCUT2D eigenvalue weighted by molar-refractivity contribution is -0.135. The van der Waals surface area contributed by atoms with Gasteiger partial charge >= 0.3 is 6.03 Å². The Kier molecular flexibility index (Phi) is 4.13. The van der Waals surface area contributed by atoms with Gasteiger partial charge in [0, 0.05) is 39.3 Å². The summed E-state index contributed by atoms with van der Waals surface area (Å²) >= 11 is 0. The molecule has 134 valence electrons. The molecule has 0 N–H and O–H groups in total. The van der Waals surface area contributed by atoms with Crippen LogP contribution in [0.1, 0.15) is 31.2 Å². The van der Waals surface area contributed by atoms with E-state index in [9.17, 15) is 14.0 Å². The van der Waals surface area contributed by atoms with Gasteiger partial charge in [-0.25, -0.2) is 9.18 Å². The van der Waals surface area contributed by atoms with Gasteiger partial charge in [-0.3, -0.25) is 4.79 Å². The largest absolute Gasteiger partial charge is 0.338 e. The topological polar surface area (TPSA) is 43.9 Å². The second kappa shape index (κ2) is 6.32. The van der Waals surface area contributed by atoms with Gasteiger partial charge in [-0.15, -0.1) is 0 Å². The van der Waals surface area contributed by atoms with Crippen LogP contribution in [0.4, 0.5) is 9.18 Å². The molecule has 3 aliphatic rings. The molecule has 0 bridgehead atoms. The van der Waals surface area contributed by atoms with Crippen LogP contribution >= 0.6 is 0 Å². The molecule has 1 aromatic carbocycles. The van der Waals surface area contributed by atoms with Crippen molar-refractivity contribution in [2.24, 2.45) is 5.41 Å². The van der Waals surface area contributed by atoms with Crippen LogP contribution in [0.5, 0.6) is 0 Å². The quantitative estimate of drug-likeness (QED) is 0.826. The molecular weight excluding hydrogens is 321 g/mol. The molecular formula is C19H24FN3O2. The Morgan fingerprint density at radius 2 is 1.84 bits per heavy atom. The second-order valence-corrected chi connectivity index (χ2v) is 7.54. The molecule has 0 unspecified atom stereocenters. The lowest BCUT2D eigenvalue weighted by Crippen LogP contribution is -2.43. The van der Waals surface area contributed by atoms with Gasteiger partial charge < -0.3 is 14.7 Å². The van der Waals surface area contributed by atoms with Crippen molar-refractivity contribution >= 4 is 11.9 Å². The normalized spacial score (nSPS) is 26.3. The van der Waals surface area contributed by atoms with Crippen LogP contribution in [0.2, 0.25) is 0 Å². The van der Waals surface area contributed by atoms with Crippen molar-refractivity contribution in [3.8, 4) is 0 Å². The summed E-state index contributed by atoms with van der Waals surface area (Å²) < 4.78 is 13.4. The Balaban J connectivity index is 1.42. The number of carbonyl (C=O) groups is 2. The predicted molar refractivity (Wildman–Crippen MR) is 91.3 cm³/mol. The standard InChI is InChI=1S/C19H24FN3O2/c20-16-5-3-4-15(12-16)13-22-10-6-19(17(22)24)7-11-23(14-19)18(25)21-8-1-2-9-21/h3-5,12H,1-2,6-11,13-14H2/t19-/m0/s1. The number of hydrogen-bond acceptors (Lipinski definition) is 2. The molecule has 4 rings (SSSR count). The third-order valence-electron chi connectivity index (χ3n) is 5.86. The summed E-state index contributed by atoms with van der Waals surface area (Å²) in [4.78, 5) is 31.2. The van der Waals surface area contributed by atoms with Crippen molar-refractivity contribution in [2.45, 2.75) is 32.2 Å². The fourth-order valence-corrected chi connectivity index (χ4v) is 4.42. The highest BCUT2D eigenvalue weighted by Crippen LogP contribution is 2.41. The molecule has 0 aliphatic carbocycles. The number of benzene rings is 1. The van der Waals surface area contributed by atoms with E-state index < -0.39 is 5.41 Å². The Morgan fingerprint density at radius 1 is 1.08 bits per heavy atom. The van der Waals surface area contributed by atoms with Crippen LogP contribution < -0.4 is 0 Å². The molecule has 5 nitrogen and oxygen atoms in total. The van der Waals surface area contributed by atoms with E-state index in [2.05, 4.69) is 0 Å². The fourth-order valence-electron chi connectivity index (χ4n) is 4.42. The molecule has 1 spiro atoms. The first-order valence-electron chi connectivity index (χ1n) is 9.15. The molecule has 3 fully saturated rings. The Bertz CT molecular complexity index is 689. The maximum atomic E-state index is 13.4. The monoisotopic (exact) mass is 345 g/mol. The lowest BCUT2D eigenvalue weighted by atomic mass is 9.85. The third kappa shape index (κ3) is 2.98. The van der Waals surface area contributed by atoms with Crippen molar-refractivity contribution < 1.29 is 14.0 Å². The van der Waals surface area contributed by atoms with Crippen LogP contribution in [0.3, 0.4) is 0 Å². The Hall–Kier alpha value is -2.11. The van der Waals surface area contributed by atoms with Crippen molar-refractivity contribution in [2.75, 3.05) is 32.7 Å².